The van der Waals surface area contributed by atoms with Crippen molar-refractivity contribution >= 4 is 23.2 Å². The van der Waals surface area contributed by atoms with Crippen LogP contribution in [0.1, 0.15) is 147 Å². The lowest BCUT2D eigenvalue weighted by Gasteiger charge is -2.63. The molecule has 0 radical (unpaired) electrons. The van der Waals surface area contributed by atoms with E-state index in [2.05, 4.69) is 122 Å². The van der Waals surface area contributed by atoms with Gasteiger partial charge in [-0.15, -0.1) is 0 Å². The summed E-state index contributed by atoms with van der Waals surface area (Å²) < 4.78 is 19.3. The number of benzene rings is 3. The van der Waals surface area contributed by atoms with Crippen molar-refractivity contribution in [2.24, 2.45) is 44.9 Å². The van der Waals surface area contributed by atoms with E-state index in [1.807, 2.05) is 6.07 Å². The molecule has 5 aliphatic heterocycles. The van der Waals surface area contributed by atoms with Crippen molar-refractivity contribution in [3.8, 4) is 17.6 Å². The minimum Gasteiger partial charge on any atom is -0.490 e. The number of likely N-dealkylation sites (tertiary alicyclic amines) is 1. The lowest BCUT2D eigenvalue weighted by molar-refractivity contribution is -0.174. The molecule has 8 aliphatic rings. The van der Waals surface area contributed by atoms with E-state index >= 15 is 0 Å². The van der Waals surface area contributed by atoms with Crippen molar-refractivity contribution in [1.82, 2.24) is 26.3 Å². The van der Waals surface area contributed by atoms with Crippen molar-refractivity contribution in [2.75, 3.05) is 32.8 Å². The van der Waals surface area contributed by atoms with Crippen molar-refractivity contribution in [2.45, 2.75) is 173 Å². The van der Waals surface area contributed by atoms with Gasteiger partial charge in [-0.05, 0) is 104 Å². The van der Waals surface area contributed by atoms with Gasteiger partial charge in [0, 0.05) is 78.6 Å². The lowest BCUT2D eigenvalue weighted by atomic mass is 9.49. The average molecular weight is 1010 g/mol. The van der Waals surface area contributed by atoms with E-state index in [0.717, 1.165) is 68.9 Å². The topological polar surface area (TPSA) is 141 Å². The first-order chi connectivity index (χ1) is 35.2. The predicted molar refractivity (Wildman–Crippen MR) is 286 cm³/mol. The molecule has 73 heavy (non-hydrogen) atoms. The molecule has 8 unspecified atom stereocenters. The molecule has 3 aromatic rings. The summed E-state index contributed by atoms with van der Waals surface area (Å²) in [6.45, 7) is 17.9. The maximum atomic E-state index is 14.7. The van der Waals surface area contributed by atoms with Gasteiger partial charge in [0.2, 0.25) is 5.91 Å². The zero-order valence-electron chi connectivity index (χ0n) is 44.1. The van der Waals surface area contributed by atoms with Gasteiger partial charge in [0.15, 0.2) is 0 Å². The van der Waals surface area contributed by atoms with Crippen molar-refractivity contribution < 1.29 is 23.8 Å². The first-order valence-electron chi connectivity index (χ1n) is 28.1. The number of hydroxylamine groups is 1. The molecule has 392 valence electrons. The van der Waals surface area contributed by atoms with Gasteiger partial charge in [0.25, 0.3) is 0 Å². The van der Waals surface area contributed by atoms with Gasteiger partial charge in [-0.2, -0.15) is 10.7 Å². The minimum atomic E-state index is -0.313. The second-order valence-electron chi connectivity index (χ2n) is 24.8. The number of nitrogens with one attached hydrogen (secondary N) is 4. The normalized spacial score (nSPS) is 34.1. The molecular weight excluding hydrogens is 934 g/mol. The smallest absolute Gasteiger partial charge is 0.224 e. The molecule has 0 aromatic heterocycles. The molecule has 4 saturated heterocycles. The zero-order chi connectivity index (χ0) is 50.6. The predicted octanol–water partition coefficient (Wildman–Crippen LogP) is 9.92. The first-order valence-corrected chi connectivity index (χ1v) is 28.4. The van der Waals surface area contributed by atoms with Crippen LogP contribution < -0.4 is 30.9 Å². The monoisotopic (exact) mass is 1010 g/mol. The van der Waals surface area contributed by atoms with E-state index in [1.165, 1.54) is 62.5 Å². The molecule has 3 saturated carbocycles. The number of fused-ring (bicyclic) bond motifs is 3. The summed E-state index contributed by atoms with van der Waals surface area (Å²) in [6.07, 6.45) is 14.2. The highest BCUT2D eigenvalue weighted by Gasteiger charge is 2.64. The number of rotatable bonds is 11. The van der Waals surface area contributed by atoms with Gasteiger partial charge < -0.3 is 24.8 Å². The van der Waals surface area contributed by atoms with E-state index in [9.17, 15) is 10.1 Å². The first kappa shape index (κ1) is 51.1. The van der Waals surface area contributed by atoms with Crippen LogP contribution in [0.4, 0.5) is 0 Å². The number of ether oxygens (including phenoxy) is 3. The van der Waals surface area contributed by atoms with Gasteiger partial charge in [0.05, 0.1) is 47.1 Å². The van der Waals surface area contributed by atoms with Gasteiger partial charge in [-0.3, -0.25) is 24.8 Å². The maximum absolute atomic E-state index is 14.7. The van der Waals surface area contributed by atoms with E-state index in [4.69, 9.17) is 35.6 Å². The summed E-state index contributed by atoms with van der Waals surface area (Å²) >= 11 is 6.39. The van der Waals surface area contributed by atoms with Crippen LogP contribution in [0.3, 0.4) is 0 Å². The van der Waals surface area contributed by atoms with Crippen LogP contribution >= 0.6 is 11.6 Å². The third-order valence-electron chi connectivity index (χ3n) is 19.4. The number of hydrogen-bond acceptors (Lipinski definition) is 11. The zero-order valence-corrected chi connectivity index (χ0v) is 44.9. The Kier molecular flexibility index (Phi) is 14.6. The summed E-state index contributed by atoms with van der Waals surface area (Å²) in [6, 6.07) is 24.8. The molecule has 13 heteroatoms. The standard InChI is InChI=1S/C60H80ClN7O5/c1-36-47(38-13-9-7-8-10-14-38)29-41(55(69)66-56-58(3,4)57(59(56,5)6)72-43-22-19-40(34-62)48(61)30-43)35-64-54(36)68-26-23-60(24-27-68)32-44(33-60)71-42-20-17-39(18-21-42)52-46-16-12-11-15-45(46)51-37(2)67-73-53(51)49(65-52)31-50-63-25-28-70-50/h11-12,15-22,30,36-38,41,44,47,49-51,53-54,56-57,63-64,67H,7-10,13-14,23-29,31-33,35H2,1-6H3,(H,66,69)/t36?,37?,41?,47?,49-,50?,51?,53?,54?,56?,57?/m0/s1. The van der Waals surface area contributed by atoms with Crippen molar-refractivity contribution in [3.05, 3.63) is 94.0 Å². The molecule has 5 heterocycles. The van der Waals surface area contributed by atoms with Crippen LogP contribution in [0.5, 0.6) is 11.5 Å². The van der Waals surface area contributed by atoms with Crippen LogP contribution in [0, 0.1) is 51.2 Å². The van der Waals surface area contributed by atoms with Crippen LogP contribution in [0.15, 0.2) is 71.7 Å². The molecule has 1 amide bonds. The highest BCUT2D eigenvalue weighted by atomic mass is 35.5. The third kappa shape index (κ3) is 9.99. The largest absolute Gasteiger partial charge is 0.490 e. The fraction of sp³-hybridized carbons (Fsp3) is 0.650. The van der Waals surface area contributed by atoms with Gasteiger partial charge in [-0.1, -0.05) is 109 Å². The summed E-state index contributed by atoms with van der Waals surface area (Å²) in [4.78, 5) is 29.2. The number of carbonyl (C=O) groups is 1. The average Bonchev–Trinajstić information content (AvgIpc) is 3.85. The number of carbonyl (C=O) groups excluding carboxylic acids is 1. The number of hydrogen-bond donors (Lipinski definition) is 4. The molecule has 9 atom stereocenters. The Morgan fingerprint density at radius 2 is 1.66 bits per heavy atom. The molecule has 0 bridgehead atoms. The molecule has 4 N–H and O–H groups in total. The molecular formula is C60H80ClN7O5. The van der Waals surface area contributed by atoms with E-state index in [-0.39, 0.29) is 77.4 Å². The number of amides is 1. The Morgan fingerprint density at radius 1 is 0.932 bits per heavy atom. The van der Waals surface area contributed by atoms with Crippen LogP contribution in [-0.4, -0.2) is 98.1 Å². The number of halogens is 1. The minimum absolute atomic E-state index is 0.0292. The SMILES string of the molecule is CC1NOC2C1c1ccccc1C(c1ccc(OC3CC4(CCN(C5NCC(C(=O)NC6C(C)(C)C(Oc7ccc(C#N)c(Cl)c7)C6(C)C)CC(C6CCCCCC6)C5C)CC4)C3)cc1)=N[C@H]2CC1NCCO1. The second-order valence-corrected chi connectivity index (χ2v) is 25.2. The van der Waals surface area contributed by atoms with E-state index in [0.29, 0.717) is 46.0 Å². The molecule has 11 rings (SSSR count). The fourth-order valence-corrected chi connectivity index (χ4v) is 15.9. The third-order valence-corrected chi connectivity index (χ3v) is 19.7. The van der Waals surface area contributed by atoms with Crippen LogP contribution in [0.2, 0.25) is 5.02 Å². The Labute approximate surface area is 439 Å². The van der Waals surface area contributed by atoms with Crippen molar-refractivity contribution in [1.29, 1.82) is 5.26 Å². The van der Waals surface area contributed by atoms with Gasteiger partial charge in [-0.25, -0.2) is 0 Å². The number of aliphatic imine (C=N–C) groups is 1. The lowest BCUT2D eigenvalue weighted by Crippen LogP contribution is -2.75. The highest BCUT2D eigenvalue weighted by Crippen LogP contribution is 2.56. The summed E-state index contributed by atoms with van der Waals surface area (Å²) in [7, 11) is 0. The Balaban J connectivity index is 0.719. The quantitative estimate of drug-likeness (QED) is 0.137. The molecule has 7 fully saturated rings. The summed E-state index contributed by atoms with van der Waals surface area (Å²) in [5, 5.41) is 20.9. The molecule has 1 spiro atoms. The van der Waals surface area contributed by atoms with E-state index in [1.54, 1.807) is 12.1 Å². The van der Waals surface area contributed by atoms with Crippen molar-refractivity contribution in [3.63, 3.8) is 0 Å². The Bertz CT molecular complexity index is 2500. The number of piperidine rings is 1. The summed E-state index contributed by atoms with van der Waals surface area (Å²) in [5.41, 5.74) is 7.97. The van der Waals surface area contributed by atoms with Gasteiger partial charge >= 0.3 is 0 Å². The Hall–Kier alpha value is -4.06. The van der Waals surface area contributed by atoms with E-state index < -0.39 is 0 Å². The fourth-order valence-electron chi connectivity index (χ4n) is 15.7. The van der Waals surface area contributed by atoms with Crippen LogP contribution in [-0.2, 0) is 14.4 Å². The Morgan fingerprint density at radius 3 is 2.36 bits per heavy atom. The molecule has 12 nitrogen and oxygen atoms in total. The second kappa shape index (κ2) is 20.8. The number of nitriles is 1. The summed E-state index contributed by atoms with van der Waals surface area (Å²) in [5.74, 6) is 3.40. The van der Waals surface area contributed by atoms with Crippen LogP contribution in [0.25, 0.3) is 0 Å². The maximum Gasteiger partial charge on any atom is 0.224 e. The van der Waals surface area contributed by atoms with Gasteiger partial charge in [0.1, 0.15) is 36.0 Å². The molecule has 3 aliphatic carbocycles. The number of nitrogens with zero attached hydrogens (tertiary/aromatic N) is 3. The molecule has 3 aromatic carbocycles. The highest BCUT2D eigenvalue weighted by molar-refractivity contribution is 6.31.